The number of aromatic amines is 1. The number of hydrogen-bond donors (Lipinski definition) is 1. The summed E-state index contributed by atoms with van der Waals surface area (Å²) >= 11 is 0. The second-order valence-corrected chi connectivity index (χ2v) is 7.65. The fourth-order valence-corrected chi connectivity index (χ4v) is 4.02. The zero-order chi connectivity index (χ0) is 21.1. The minimum atomic E-state index is -0.445. The van der Waals surface area contributed by atoms with E-state index in [0.29, 0.717) is 19.5 Å². The van der Waals surface area contributed by atoms with E-state index in [1.165, 1.54) is 0 Å². The highest BCUT2D eigenvalue weighted by Crippen LogP contribution is 2.29. The molecule has 2 atom stereocenters. The first-order valence-electron chi connectivity index (χ1n) is 10.2. The summed E-state index contributed by atoms with van der Waals surface area (Å²) in [5.74, 6) is -0.824. The van der Waals surface area contributed by atoms with Crippen LogP contribution < -0.4 is 5.69 Å². The summed E-state index contributed by atoms with van der Waals surface area (Å²) in [6.45, 7) is 3.01. The molecular weight excluding hydrogens is 382 g/mol. The first kappa shape index (κ1) is 19.9. The molecule has 30 heavy (non-hydrogen) atoms. The van der Waals surface area contributed by atoms with E-state index in [9.17, 15) is 14.4 Å². The predicted octanol–water partition coefficient (Wildman–Crippen LogP) is 2.87. The quantitative estimate of drug-likeness (QED) is 0.482. The smallest absolute Gasteiger partial charge is 0.326 e. The lowest BCUT2D eigenvalue weighted by Gasteiger charge is -2.25. The van der Waals surface area contributed by atoms with Crippen molar-refractivity contribution in [3.63, 3.8) is 0 Å². The molecule has 7 nitrogen and oxygen atoms in total. The molecule has 3 aromatic rings. The van der Waals surface area contributed by atoms with Crippen LogP contribution in [-0.2, 0) is 20.9 Å². The lowest BCUT2D eigenvalue weighted by Crippen LogP contribution is -2.29. The van der Waals surface area contributed by atoms with Gasteiger partial charge in [0, 0.05) is 19.5 Å². The number of carbonyl (C=O) groups is 2. The third-order valence-corrected chi connectivity index (χ3v) is 5.69. The zero-order valence-corrected chi connectivity index (χ0v) is 16.9. The van der Waals surface area contributed by atoms with Crippen LogP contribution in [0.15, 0.2) is 59.4 Å². The zero-order valence-electron chi connectivity index (χ0n) is 16.9. The summed E-state index contributed by atoms with van der Waals surface area (Å²) in [6, 6.07) is 17.2. The molecule has 0 unspecified atom stereocenters. The molecule has 4 rings (SSSR count). The van der Waals surface area contributed by atoms with Crippen LogP contribution in [0.25, 0.3) is 11.0 Å². The Morgan fingerprint density at radius 1 is 1.13 bits per heavy atom. The molecule has 1 aliphatic heterocycles. The number of nitrogens with zero attached hydrogens (tertiary/aromatic N) is 2. The molecule has 2 heterocycles. The van der Waals surface area contributed by atoms with Gasteiger partial charge in [-0.05, 0) is 31.0 Å². The highest BCUT2D eigenvalue weighted by Gasteiger charge is 2.37. The van der Waals surface area contributed by atoms with Gasteiger partial charge in [-0.25, -0.2) is 4.79 Å². The summed E-state index contributed by atoms with van der Waals surface area (Å²) in [5, 5.41) is 0. The third-order valence-electron chi connectivity index (χ3n) is 5.69. The Labute approximate surface area is 174 Å². The monoisotopic (exact) mass is 407 g/mol. The van der Waals surface area contributed by atoms with Crippen molar-refractivity contribution in [1.29, 1.82) is 0 Å². The second-order valence-electron chi connectivity index (χ2n) is 7.65. The van der Waals surface area contributed by atoms with Crippen molar-refractivity contribution in [2.45, 2.75) is 32.4 Å². The highest BCUT2D eigenvalue weighted by atomic mass is 16.5. The second kappa shape index (κ2) is 8.57. The Morgan fingerprint density at radius 3 is 2.67 bits per heavy atom. The molecule has 1 amide bonds. The molecule has 0 bridgehead atoms. The molecule has 0 spiro atoms. The van der Waals surface area contributed by atoms with Gasteiger partial charge in [0.1, 0.15) is 0 Å². The van der Waals surface area contributed by atoms with E-state index in [-0.39, 0.29) is 36.6 Å². The van der Waals surface area contributed by atoms with Crippen LogP contribution in [0.1, 0.15) is 31.4 Å². The number of aromatic nitrogens is 2. The normalized spacial score (nSPS) is 17.4. The number of carbonyl (C=O) groups excluding carboxylic acids is 2. The van der Waals surface area contributed by atoms with Gasteiger partial charge in [-0.3, -0.25) is 14.2 Å². The number of hydrogen-bond acceptors (Lipinski definition) is 4. The molecule has 0 aliphatic carbocycles. The van der Waals surface area contributed by atoms with Crippen molar-refractivity contribution >= 4 is 22.9 Å². The van der Waals surface area contributed by atoms with E-state index in [4.69, 9.17) is 4.74 Å². The summed E-state index contributed by atoms with van der Waals surface area (Å²) < 4.78 is 7.06. The van der Waals surface area contributed by atoms with E-state index in [1.807, 2.05) is 61.5 Å². The van der Waals surface area contributed by atoms with Gasteiger partial charge >= 0.3 is 11.7 Å². The van der Waals surface area contributed by atoms with Gasteiger partial charge in [-0.2, -0.15) is 0 Å². The van der Waals surface area contributed by atoms with E-state index in [0.717, 1.165) is 16.6 Å². The van der Waals surface area contributed by atoms with Crippen molar-refractivity contribution in [2.24, 2.45) is 5.92 Å². The van der Waals surface area contributed by atoms with Gasteiger partial charge in [0.25, 0.3) is 0 Å². The van der Waals surface area contributed by atoms with E-state index >= 15 is 0 Å². The standard InChI is InChI=1S/C23H25N3O4/c1-16(17-8-3-2-4-9-17)26-15-18(14-21(26)27)22(28)30-13-7-12-25-20-11-6-5-10-19(20)24-23(25)29/h2-6,8-11,16,18H,7,12-15H2,1H3,(H,24,29)/t16-,18-/m0/s1. The number of nitrogens with one attached hydrogen (secondary N) is 1. The van der Waals surface area contributed by atoms with Crippen LogP contribution in [0.5, 0.6) is 0 Å². The first-order chi connectivity index (χ1) is 14.5. The molecule has 0 saturated carbocycles. The number of benzene rings is 2. The maximum Gasteiger partial charge on any atom is 0.326 e. The maximum absolute atomic E-state index is 12.5. The van der Waals surface area contributed by atoms with Crippen molar-refractivity contribution in [3.05, 3.63) is 70.6 Å². The number of ether oxygens (including phenoxy) is 1. The van der Waals surface area contributed by atoms with Gasteiger partial charge in [0.15, 0.2) is 0 Å². The number of esters is 1. The minimum Gasteiger partial charge on any atom is -0.465 e. The lowest BCUT2D eigenvalue weighted by molar-refractivity contribution is -0.148. The molecule has 1 aliphatic rings. The number of aryl methyl sites for hydroxylation is 1. The van der Waals surface area contributed by atoms with Crippen molar-refractivity contribution in [1.82, 2.24) is 14.5 Å². The van der Waals surface area contributed by atoms with Gasteiger partial charge in [-0.15, -0.1) is 0 Å². The minimum absolute atomic E-state index is 0.0290. The molecule has 0 radical (unpaired) electrons. The largest absolute Gasteiger partial charge is 0.465 e. The van der Waals surface area contributed by atoms with Crippen LogP contribution >= 0.6 is 0 Å². The Hall–Kier alpha value is -3.35. The molecule has 1 aromatic heterocycles. The maximum atomic E-state index is 12.5. The number of fused-ring (bicyclic) bond motifs is 1. The van der Waals surface area contributed by atoms with Gasteiger partial charge in [-0.1, -0.05) is 42.5 Å². The van der Waals surface area contributed by atoms with Crippen molar-refractivity contribution in [2.75, 3.05) is 13.2 Å². The summed E-state index contributed by atoms with van der Waals surface area (Å²) in [7, 11) is 0. The number of imidazole rings is 1. The topological polar surface area (TPSA) is 84.4 Å². The van der Waals surface area contributed by atoms with Gasteiger partial charge in [0.2, 0.25) is 5.91 Å². The van der Waals surface area contributed by atoms with Crippen LogP contribution in [0, 0.1) is 5.92 Å². The molecule has 2 aromatic carbocycles. The predicted molar refractivity (Wildman–Crippen MR) is 113 cm³/mol. The van der Waals surface area contributed by atoms with Gasteiger partial charge in [0.05, 0.1) is 29.6 Å². The Bertz CT molecular complexity index is 1100. The summed E-state index contributed by atoms with van der Waals surface area (Å²) in [5.41, 5.74) is 2.50. The SMILES string of the molecule is C[C@@H](c1ccccc1)N1C[C@@H](C(=O)OCCCn2c(=O)[nH]c3ccccc32)CC1=O. The van der Waals surface area contributed by atoms with E-state index in [2.05, 4.69) is 4.98 Å². The fraction of sp³-hybridized carbons (Fsp3) is 0.348. The van der Waals surface area contributed by atoms with Gasteiger partial charge < -0.3 is 14.6 Å². The third kappa shape index (κ3) is 4.01. The fourth-order valence-electron chi connectivity index (χ4n) is 4.02. The van der Waals surface area contributed by atoms with Crippen LogP contribution in [0.4, 0.5) is 0 Å². The van der Waals surface area contributed by atoms with Crippen LogP contribution in [-0.4, -0.2) is 39.5 Å². The molecule has 1 fully saturated rings. The molecule has 7 heteroatoms. The number of H-pyrrole nitrogens is 1. The number of likely N-dealkylation sites (tertiary alicyclic amines) is 1. The number of rotatable bonds is 7. The highest BCUT2D eigenvalue weighted by molar-refractivity contribution is 5.87. The average Bonchev–Trinajstić information content (AvgIpc) is 3.30. The van der Waals surface area contributed by atoms with E-state index < -0.39 is 5.92 Å². The first-order valence-corrected chi connectivity index (χ1v) is 10.2. The Kier molecular flexibility index (Phi) is 5.70. The molecule has 1 N–H and O–H groups in total. The summed E-state index contributed by atoms with van der Waals surface area (Å²) in [4.78, 5) is 41.5. The molecular formula is C23H25N3O4. The van der Waals surface area contributed by atoms with Crippen LogP contribution in [0.3, 0.4) is 0 Å². The van der Waals surface area contributed by atoms with Crippen molar-refractivity contribution < 1.29 is 14.3 Å². The number of amides is 1. The van der Waals surface area contributed by atoms with E-state index in [1.54, 1.807) is 9.47 Å². The average molecular weight is 407 g/mol. The Morgan fingerprint density at radius 2 is 1.87 bits per heavy atom. The summed E-state index contributed by atoms with van der Waals surface area (Å²) in [6.07, 6.45) is 0.705. The van der Waals surface area contributed by atoms with Crippen molar-refractivity contribution in [3.8, 4) is 0 Å². The Balaban J connectivity index is 1.29. The number of para-hydroxylation sites is 2. The van der Waals surface area contributed by atoms with Crippen LogP contribution in [0.2, 0.25) is 0 Å². The molecule has 1 saturated heterocycles. The lowest BCUT2D eigenvalue weighted by atomic mass is 10.1. The molecule has 156 valence electrons.